The molecular weight excluding hydrogens is 290 g/mol. The van der Waals surface area contributed by atoms with E-state index < -0.39 is 0 Å². The zero-order valence-electron chi connectivity index (χ0n) is 12.8. The van der Waals surface area contributed by atoms with Crippen LogP contribution in [0, 0.1) is 0 Å². The molecule has 0 atom stereocenters. The summed E-state index contributed by atoms with van der Waals surface area (Å²) in [7, 11) is 0. The molecule has 0 aliphatic rings. The van der Waals surface area contributed by atoms with Crippen molar-refractivity contribution >= 4 is 12.0 Å². The first-order chi connectivity index (χ1) is 11.3. The van der Waals surface area contributed by atoms with E-state index in [1.165, 1.54) is 6.08 Å². The van der Waals surface area contributed by atoms with Gasteiger partial charge in [0.2, 0.25) is 0 Å². The van der Waals surface area contributed by atoms with E-state index in [2.05, 4.69) is 12.1 Å². The highest BCUT2D eigenvalue weighted by molar-refractivity contribution is 5.90. The van der Waals surface area contributed by atoms with Gasteiger partial charge in [-0.05, 0) is 29.3 Å². The lowest BCUT2D eigenvalue weighted by Crippen LogP contribution is -2.21. The number of ether oxygens (including phenoxy) is 1. The van der Waals surface area contributed by atoms with Gasteiger partial charge in [0.25, 0.3) is 5.91 Å². The van der Waals surface area contributed by atoms with Crippen molar-refractivity contribution in [3.63, 3.8) is 0 Å². The van der Waals surface area contributed by atoms with Crippen molar-refractivity contribution in [1.82, 2.24) is 5.48 Å². The summed E-state index contributed by atoms with van der Waals surface area (Å²) in [6.07, 6.45) is 4.82. The van der Waals surface area contributed by atoms with Gasteiger partial charge in [-0.3, -0.25) is 9.63 Å². The monoisotopic (exact) mass is 309 g/mol. The largest absolute Gasteiger partial charge is 0.490 e. The van der Waals surface area contributed by atoms with E-state index in [-0.39, 0.29) is 5.91 Å². The highest BCUT2D eigenvalue weighted by Crippen LogP contribution is 2.13. The van der Waals surface area contributed by atoms with Crippen molar-refractivity contribution in [3.05, 3.63) is 84.5 Å². The molecular formula is C19H19NO3. The number of hydrogen-bond acceptors (Lipinski definition) is 3. The van der Waals surface area contributed by atoms with E-state index in [9.17, 15) is 4.79 Å². The fraction of sp³-hybridized carbons (Fsp3) is 0.105. The summed E-state index contributed by atoms with van der Waals surface area (Å²) in [6.45, 7) is 4.39. The highest BCUT2D eigenvalue weighted by Gasteiger charge is 1.97. The smallest absolute Gasteiger partial charge is 0.267 e. The van der Waals surface area contributed by atoms with E-state index >= 15 is 0 Å². The van der Waals surface area contributed by atoms with Crippen LogP contribution in [-0.4, -0.2) is 12.5 Å². The van der Waals surface area contributed by atoms with Gasteiger partial charge in [-0.2, -0.15) is 0 Å². The number of benzene rings is 2. The summed E-state index contributed by atoms with van der Waals surface area (Å²) in [5.74, 6) is 0.450. The first-order valence-electron chi connectivity index (χ1n) is 7.25. The van der Waals surface area contributed by atoms with Crippen LogP contribution in [0.25, 0.3) is 6.08 Å². The number of hydrogen-bond donors (Lipinski definition) is 1. The van der Waals surface area contributed by atoms with Crippen LogP contribution in [0.3, 0.4) is 0 Å². The maximum atomic E-state index is 11.7. The van der Waals surface area contributed by atoms with Gasteiger partial charge in [0.1, 0.15) is 12.4 Å². The fourth-order valence-corrected chi connectivity index (χ4v) is 1.80. The molecule has 2 aromatic carbocycles. The van der Waals surface area contributed by atoms with Crippen LogP contribution >= 0.6 is 0 Å². The average molecular weight is 309 g/mol. The zero-order valence-corrected chi connectivity index (χ0v) is 12.8. The Morgan fingerprint density at radius 1 is 1.09 bits per heavy atom. The lowest BCUT2D eigenvalue weighted by atomic mass is 10.2. The van der Waals surface area contributed by atoms with Gasteiger partial charge in [-0.1, -0.05) is 55.1 Å². The minimum atomic E-state index is -0.312. The summed E-state index contributed by atoms with van der Waals surface area (Å²) < 4.78 is 5.39. The number of amides is 1. The molecule has 2 rings (SSSR count). The second-order valence-corrected chi connectivity index (χ2v) is 4.74. The number of hydroxylamine groups is 1. The molecule has 0 aliphatic heterocycles. The third-order valence-electron chi connectivity index (χ3n) is 2.93. The van der Waals surface area contributed by atoms with E-state index in [0.717, 1.165) is 16.9 Å². The zero-order chi connectivity index (χ0) is 16.3. The molecule has 0 radical (unpaired) electrons. The summed E-state index contributed by atoms with van der Waals surface area (Å²) in [5.41, 5.74) is 4.27. The summed E-state index contributed by atoms with van der Waals surface area (Å²) in [4.78, 5) is 16.8. The van der Waals surface area contributed by atoms with Crippen LogP contribution < -0.4 is 10.2 Å². The van der Waals surface area contributed by atoms with Crippen molar-refractivity contribution < 1.29 is 14.4 Å². The van der Waals surface area contributed by atoms with E-state index in [1.54, 1.807) is 12.2 Å². The molecule has 23 heavy (non-hydrogen) atoms. The van der Waals surface area contributed by atoms with Gasteiger partial charge in [-0.25, -0.2) is 5.48 Å². The molecule has 0 spiro atoms. The number of carbonyl (C=O) groups excluding carboxylic acids is 1. The summed E-state index contributed by atoms with van der Waals surface area (Å²) >= 11 is 0. The van der Waals surface area contributed by atoms with Crippen LogP contribution in [0.2, 0.25) is 0 Å². The predicted octanol–water partition coefficient (Wildman–Crippen LogP) is 3.51. The van der Waals surface area contributed by atoms with Crippen molar-refractivity contribution in [3.8, 4) is 5.75 Å². The fourth-order valence-electron chi connectivity index (χ4n) is 1.80. The predicted molar refractivity (Wildman–Crippen MR) is 90.5 cm³/mol. The quantitative estimate of drug-likeness (QED) is 0.461. The SMILES string of the molecule is C=CCOc1ccc(/C=C/C(=O)NOCc2ccccc2)cc1. The Morgan fingerprint density at radius 2 is 1.83 bits per heavy atom. The van der Waals surface area contributed by atoms with Gasteiger partial charge in [0, 0.05) is 6.08 Å². The molecule has 118 valence electrons. The Hall–Kier alpha value is -2.85. The maximum Gasteiger partial charge on any atom is 0.267 e. The molecule has 0 heterocycles. The van der Waals surface area contributed by atoms with E-state index in [4.69, 9.17) is 9.57 Å². The standard InChI is InChI=1S/C19H19NO3/c1-2-14-22-18-11-8-16(9-12-18)10-13-19(21)20-23-15-17-6-4-3-5-7-17/h2-13H,1,14-15H2,(H,20,21)/b13-10+. The molecule has 4 nitrogen and oxygen atoms in total. The molecule has 4 heteroatoms. The van der Waals surface area contributed by atoms with Gasteiger partial charge in [0.15, 0.2) is 0 Å². The molecule has 0 unspecified atom stereocenters. The number of nitrogens with one attached hydrogen (secondary N) is 1. The van der Waals surface area contributed by atoms with Crippen molar-refractivity contribution in [2.75, 3.05) is 6.61 Å². The average Bonchev–Trinajstić information content (AvgIpc) is 2.60. The lowest BCUT2D eigenvalue weighted by Gasteiger charge is -2.04. The summed E-state index contributed by atoms with van der Waals surface area (Å²) in [5, 5.41) is 0. The van der Waals surface area contributed by atoms with Gasteiger partial charge < -0.3 is 4.74 Å². The molecule has 0 aromatic heterocycles. The van der Waals surface area contributed by atoms with Gasteiger partial charge in [-0.15, -0.1) is 0 Å². The van der Waals surface area contributed by atoms with Crippen LogP contribution in [0.5, 0.6) is 5.75 Å². The first-order valence-corrected chi connectivity index (χ1v) is 7.25. The van der Waals surface area contributed by atoms with Crippen molar-refractivity contribution in [2.24, 2.45) is 0 Å². The first kappa shape index (κ1) is 16.5. The topological polar surface area (TPSA) is 47.6 Å². The van der Waals surface area contributed by atoms with Gasteiger partial charge >= 0.3 is 0 Å². The molecule has 0 aliphatic carbocycles. The highest BCUT2D eigenvalue weighted by atomic mass is 16.6. The summed E-state index contributed by atoms with van der Waals surface area (Å²) in [6, 6.07) is 17.0. The van der Waals surface area contributed by atoms with E-state index in [0.29, 0.717) is 13.2 Å². The lowest BCUT2D eigenvalue weighted by molar-refractivity contribution is -0.129. The van der Waals surface area contributed by atoms with Crippen molar-refractivity contribution in [2.45, 2.75) is 6.61 Å². The number of carbonyl (C=O) groups is 1. The Kier molecular flexibility index (Phi) is 6.63. The minimum Gasteiger partial charge on any atom is -0.490 e. The third-order valence-corrected chi connectivity index (χ3v) is 2.93. The van der Waals surface area contributed by atoms with Crippen LogP contribution in [0.1, 0.15) is 11.1 Å². The van der Waals surface area contributed by atoms with Crippen LogP contribution in [0.15, 0.2) is 73.3 Å². The van der Waals surface area contributed by atoms with Crippen molar-refractivity contribution in [1.29, 1.82) is 0 Å². The van der Waals surface area contributed by atoms with Crippen LogP contribution in [-0.2, 0) is 16.2 Å². The number of rotatable bonds is 8. The molecule has 0 fully saturated rings. The maximum absolute atomic E-state index is 11.7. The Bertz CT molecular complexity index is 648. The Labute approximate surface area is 136 Å². The molecule has 0 saturated heterocycles. The molecule has 2 aromatic rings. The molecule has 0 saturated carbocycles. The molecule has 1 N–H and O–H groups in total. The van der Waals surface area contributed by atoms with Crippen LogP contribution in [0.4, 0.5) is 0 Å². The third kappa shape index (κ3) is 6.20. The Morgan fingerprint density at radius 3 is 2.52 bits per heavy atom. The minimum absolute atomic E-state index is 0.312. The second-order valence-electron chi connectivity index (χ2n) is 4.74. The molecule has 0 bridgehead atoms. The second kappa shape index (κ2) is 9.23. The normalized spacial score (nSPS) is 10.4. The Balaban J connectivity index is 1.75. The van der Waals surface area contributed by atoms with Gasteiger partial charge in [0.05, 0.1) is 6.61 Å². The van der Waals surface area contributed by atoms with E-state index in [1.807, 2.05) is 54.6 Å². The molecule has 1 amide bonds.